The van der Waals surface area contributed by atoms with Crippen LogP contribution in [0.2, 0.25) is 0 Å². The monoisotopic (exact) mass is 263 g/mol. The fraction of sp³-hybridized carbons (Fsp3) is 0.500. The van der Waals surface area contributed by atoms with Crippen LogP contribution in [-0.2, 0) is 0 Å². The van der Waals surface area contributed by atoms with Crippen LogP contribution in [0.4, 0.5) is 13.2 Å². The Bertz CT molecular complexity index is 384. The third kappa shape index (κ3) is 5.09. The summed E-state index contributed by atoms with van der Waals surface area (Å²) in [7, 11) is 0. The quantitative estimate of drug-likeness (QED) is 0.828. The number of carbonyl (C=O) groups is 1. The molecule has 5 nitrogen and oxygen atoms in total. The molecular formula is C10H12F3N3O2. The van der Waals surface area contributed by atoms with Gasteiger partial charge in [0.15, 0.2) is 0 Å². The Hall–Kier alpha value is -1.70. The summed E-state index contributed by atoms with van der Waals surface area (Å²) in [6.45, 7) is -0.567. The van der Waals surface area contributed by atoms with E-state index in [0.29, 0.717) is 0 Å². The number of halogens is 3. The maximum atomic E-state index is 12.0. The van der Waals surface area contributed by atoms with Gasteiger partial charge in [0.25, 0.3) is 5.91 Å². The van der Waals surface area contributed by atoms with Crippen LogP contribution in [0.1, 0.15) is 23.3 Å². The third-order valence-electron chi connectivity index (χ3n) is 2.13. The van der Waals surface area contributed by atoms with Crippen LogP contribution >= 0.6 is 0 Å². The third-order valence-corrected chi connectivity index (χ3v) is 2.13. The fourth-order valence-electron chi connectivity index (χ4n) is 1.22. The Morgan fingerprint density at radius 1 is 1.44 bits per heavy atom. The number of aliphatic hydroxyl groups is 1. The predicted octanol–water partition coefficient (Wildman–Crippen LogP) is 0.910. The molecule has 1 heterocycles. The van der Waals surface area contributed by atoms with Crippen molar-refractivity contribution in [2.24, 2.45) is 0 Å². The molecule has 18 heavy (non-hydrogen) atoms. The summed E-state index contributed by atoms with van der Waals surface area (Å²) >= 11 is 0. The molecule has 0 aliphatic carbocycles. The highest BCUT2D eigenvalue weighted by molar-refractivity contribution is 5.92. The Kier molecular flexibility index (Phi) is 5.02. The average Bonchev–Trinajstić information content (AvgIpc) is 2.34. The molecule has 0 saturated heterocycles. The van der Waals surface area contributed by atoms with Gasteiger partial charge in [-0.05, 0) is 6.42 Å². The summed E-state index contributed by atoms with van der Waals surface area (Å²) in [6.07, 6.45) is -1.92. The molecule has 1 unspecified atom stereocenters. The lowest BCUT2D eigenvalue weighted by Crippen LogP contribution is -2.38. The lowest BCUT2D eigenvalue weighted by molar-refractivity contribution is -0.137. The van der Waals surface area contributed by atoms with Gasteiger partial charge in [-0.2, -0.15) is 13.2 Å². The lowest BCUT2D eigenvalue weighted by Gasteiger charge is -2.16. The normalized spacial score (nSPS) is 13.1. The number of alkyl halides is 3. The molecule has 0 saturated carbocycles. The highest BCUT2D eigenvalue weighted by Gasteiger charge is 2.28. The van der Waals surface area contributed by atoms with Gasteiger partial charge >= 0.3 is 6.18 Å². The zero-order chi connectivity index (χ0) is 13.6. The minimum atomic E-state index is -4.31. The molecular weight excluding hydrogens is 251 g/mol. The number of hydrogen-bond donors (Lipinski definition) is 2. The largest absolute Gasteiger partial charge is 0.394 e. The molecule has 1 aromatic heterocycles. The zero-order valence-electron chi connectivity index (χ0n) is 9.31. The van der Waals surface area contributed by atoms with Crippen LogP contribution in [0.25, 0.3) is 0 Å². The van der Waals surface area contributed by atoms with E-state index in [9.17, 15) is 18.0 Å². The molecule has 1 atom stereocenters. The highest BCUT2D eigenvalue weighted by atomic mass is 19.4. The summed E-state index contributed by atoms with van der Waals surface area (Å²) in [6, 6.07) is -0.957. The van der Waals surface area contributed by atoms with Crippen LogP contribution in [-0.4, -0.2) is 39.8 Å². The number of hydrogen-bond acceptors (Lipinski definition) is 4. The summed E-state index contributed by atoms with van der Waals surface area (Å²) in [5.74, 6) is -0.663. The fourth-order valence-corrected chi connectivity index (χ4v) is 1.22. The topological polar surface area (TPSA) is 75.1 Å². The number of aromatic nitrogens is 2. The second kappa shape index (κ2) is 6.29. The van der Waals surface area contributed by atoms with E-state index in [1.807, 2.05) is 0 Å². The number of aliphatic hydroxyl groups excluding tert-OH is 1. The summed E-state index contributed by atoms with van der Waals surface area (Å²) in [5, 5.41) is 11.2. The van der Waals surface area contributed by atoms with Crippen molar-refractivity contribution in [3.63, 3.8) is 0 Å². The van der Waals surface area contributed by atoms with E-state index >= 15 is 0 Å². The summed E-state index contributed by atoms with van der Waals surface area (Å²) < 4.78 is 36.0. The van der Waals surface area contributed by atoms with Gasteiger partial charge in [0.2, 0.25) is 0 Å². The first-order valence-electron chi connectivity index (χ1n) is 5.17. The Balaban J connectivity index is 2.51. The molecule has 2 N–H and O–H groups in total. The molecule has 1 rings (SSSR count). The predicted molar refractivity (Wildman–Crippen MR) is 55.7 cm³/mol. The van der Waals surface area contributed by atoms with Crippen LogP contribution in [0.15, 0.2) is 18.6 Å². The van der Waals surface area contributed by atoms with Crippen molar-refractivity contribution in [2.45, 2.75) is 25.1 Å². The zero-order valence-corrected chi connectivity index (χ0v) is 9.31. The van der Waals surface area contributed by atoms with Crippen molar-refractivity contribution >= 4 is 5.91 Å². The van der Waals surface area contributed by atoms with Gasteiger partial charge in [0, 0.05) is 18.8 Å². The van der Waals surface area contributed by atoms with Gasteiger partial charge in [-0.15, -0.1) is 0 Å². The van der Waals surface area contributed by atoms with Gasteiger partial charge in [0.05, 0.1) is 18.8 Å². The van der Waals surface area contributed by atoms with E-state index in [0.717, 1.165) is 0 Å². The smallest absolute Gasteiger partial charge is 0.389 e. The molecule has 0 radical (unpaired) electrons. The van der Waals surface area contributed by atoms with Crippen molar-refractivity contribution in [3.05, 3.63) is 24.3 Å². The molecule has 1 aromatic rings. The molecule has 0 aliphatic heterocycles. The van der Waals surface area contributed by atoms with E-state index in [-0.39, 0.29) is 12.1 Å². The first-order chi connectivity index (χ1) is 8.42. The molecule has 0 spiro atoms. The molecule has 0 fully saturated rings. The van der Waals surface area contributed by atoms with E-state index in [1.165, 1.54) is 18.6 Å². The van der Waals surface area contributed by atoms with Crippen molar-refractivity contribution < 1.29 is 23.1 Å². The second-order valence-corrected chi connectivity index (χ2v) is 3.60. The second-order valence-electron chi connectivity index (χ2n) is 3.60. The molecule has 0 aromatic carbocycles. The maximum absolute atomic E-state index is 12.0. The van der Waals surface area contributed by atoms with Crippen LogP contribution < -0.4 is 5.32 Å². The van der Waals surface area contributed by atoms with Crippen LogP contribution in [0, 0.1) is 0 Å². The number of rotatable bonds is 5. The number of amides is 1. The number of carbonyl (C=O) groups excluding carboxylic acids is 1. The van der Waals surface area contributed by atoms with E-state index in [4.69, 9.17) is 5.11 Å². The van der Waals surface area contributed by atoms with Crippen LogP contribution in [0.5, 0.6) is 0 Å². The highest BCUT2D eigenvalue weighted by Crippen LogP contribution is 2.22. The lowest BCUT2D eigenvalue weighted by atomic mass is 10.1. The van der Waals surface area contributed by atoms with Crippen molar-refractivity contribution in [3.8, 4) is 0 Å². The van der Waals surface area contributed by atoms with E-state index < -0.39 is 31.2 Å². The number of nitrogens with one attached hydrogen (secondary N) is 1. The average molecular weight is 263 g/mol. The van der Waals surface area contributed by atoms with Gasteiger partial charge in [0.1, 0.15) is 5.69 Å². The van der Waals surface area contributed by atoms with Crippen LogP contribution in [0.3, 0.4) is 0 Å². The van der Waals surface area contributed by atoms with Crippen molar-refractivity contribution in [2.75, 3.05) is 6.61 Å². The maximum Gasteiger partial charge on any atom is 0.389 e. The van der Waals surface area contributed by atoms with Gasteiger partial charge in [-0.3, -0.25) is 9.78 Å². The van der Waals surface area contributed by atoms with Crippen molar-refractivity contribution in [1.29, 1.82) is 0 Å². The van der Waals surface area contributed by atoms with Gasteiger partial charge < -0.3 is 10.4 Å². The Morgan fingerprint density at radius 2 is 2.17 bits per heavy atom. The minimum Gasteiger partial charge on any atom is -0.394 e. The minimum absolute atomic E-state index is 0.0111. The Morgan fingerprint density at radius 3 is 2.67 bits per heavy atom. The first kappa shape index (κ1) is 14.4. The van der Waals surface area contributed by atoms with Gasteiger partial charge in [-0.25, -0.2) is 4.98 Å². The molecule has 0 aliphatic rings. The van der Waals surface area contributed by atoms with Gasteiger partial charge in [-0.1, -0.05) is 0 Å². The van der Waals surface area contributed by atoms with E-state index in [1.54, 1.807) is 0 Å². The SMILES string of the molecule is O=C(NC(CO)CCC(F)(F)F)c1cnccn1. The molecule has 0 bridgehead atoms. The molecule has 1 amide bonds. The molecule has 100 valence electrons. The summed E-state index contributed by atoms with van der Waals surface area (Å²) in [5.41, 5.74) is -0.0111. The van der Waals surface area contributed by atoms with Crippen molar-refractivity contribution in [1.82, 2.24) is 15.3 Å². The summed E-state index contributed by atoms with van der Waals surface area (Å²) in [4.78, 5) is 18.9. The molecule has 8 heteroatoms. The first-order valence-corrected chi connectivity index (χ1v) is 5.17. The standard InChI is InChI=1S/C10H12F3N3O2/c11-10(12,13)2-1-7(6-17)16-9(18)8-5-14-3-4-15-8/h3-5,7,17H,1-2,6H2,(H,16,18). The number of nitrogens with zero attached hydrogens (tertiary/aromatic N) is 2. The Labute approximate surface area is 101 Å². The van der Waals surface area contributed by atoms with E-state index in [2.05, 4.69) is 15.3 Å².